The van der Waals surface area contributed by atoms with E-state index in [0.29, 0.717) is 0 Å². The molecule has 3 heterocycles. The first-order valence-corrected chi connectivity index (χ1v) is 7.73. The van der Waals surface area contributed by atoms with Crippen LogP contribution in [0.15, 0.2) is 29.9 Å². The summed E-state index contributed by atoms with van der Waals surface area (Å²) in [6.45, 7) is 5.91. The van der Waals surface area contributed by atoms with Crippen molar-refractivity contribution in [2.45, 2.75) is 13.0 Å². The molecule has 0 aromatic carbocycles. The lowest BCUT2D eigenvalue weighted by molar-refractivity contribution is 0.645. The van der Waals surface area contributed by atoms with Crippen LogP contribution >= 0.6 is 11.3 Å². The summed E-state index contributed by atoms with van der Waals surface area (Å²) in [5.41, 5.74) is 6.93. The molecule has 1 saturated heterocycles. The number of nitrogens with two attached hydrogens (primary N) is 1. The van der Waals surface area contributed by atoms with Crippen molar-refractivity contribution < 1.29 is 0 Å². The zero-order valence-corrected chi connectivity index (χ0v) is 12.4. The van der Waals surface area contributed by atoms with Gasteiger partial charge in [0, 0.05) is 50.0 Å². The maximum Gasteiger partial charge on any atom is 0.185 e. The highest BCUT2D eigenvalue weighted by molar-refractivity contribution is 7.13. The Kier molecular flexibility index (Phi) is 3.84. The molecular weight excluding hydrogens is 270 g/mol. The van der Waals surface area contributed by atoms with Gasteiger partial charge in [-0.25, -0.2) is 9.97 Å². The molecule has 106 valence electrons. The van der Waals surface area contributed by atoms with Crippen molar-refractivity contribution in [3.05, 3.63) is 35.5 Å². The number of rotatable bonds is 3. The molecule has 1 fully saturated rings. The molecule has 0 spiro atoms. The van der Waals surface area contributed by atoms with E-state index in [9.17, 15) is 0 Å². The van der Waals surface area contributed by atoms with Crippen LogP contribution in [0.1, 0.15) is 18.5 Å². The van der Waals surface area contributed by atoms with Crippen molar-refractivity contribution in [3.63, 3.8) is 0 Å². The highest BCUT2D eigenvalue weighted by Gasteiger charge is 2.19. The third-order valence-electron chi connectivity index (χ3n) is 3.59. The van der Waals surface area contributed by atoms with E-state index in [1.807, 2.05) is 24.7 Å². The fraction of sp³-hybridized carbons (Fsp3) is 0.429. The summed E-state index contributed by atoms with van der Waals surface area (Å²) in [5.74, 6) is 1.04. The Morgan fingerprint density at radius 2 is 1.90 bits per heavy atom. The molecule has 20 heavy (non-hydrogen) atoms. The van der Waals surface area contributed by atoms with Crippen LogP contribution < -0.4 is 15.5 Å². The Morgan fingerprint density at radius 3 is 2.45 bits per heavy atom. The van der Waals surface area contributed by atoms with Gasteiger partial charge in [-0.3, -0.25) is 0 Å². The highest BCUT2D eigenvalue weighted by atomic mass is 32.1. The molecule has 0 saturated carbocycles. The van der Waals surface area contributed by atoms with Crippen molar-refractivity contribution in [2.75, 3.05) is 36.0 Å². The SMILES string of the molecule is C[C@@H](N)c1ccc(N2CCN(c3nccs3)CC2)nc1. The van der Waals surface area contributed by atoms with E-state index in [-0.39, 0.29) is 6.04 Å². The summed E-state index contributed by atoms with van der Waals surface area (Å²) in [7, 11) is 0. The van der Waals surface area contributed by atoms with E-state index in [1.54, 1.807) is 11.3 Å². The minimum Gasteiger partial charge on any atom is -0.353 e. The summed E-state index contributed by atoms with van der Waals surface area (Å²) in [5, 5.41) is 3.14. The van der Waals surface area contributed by atoms with Gasteiger partial charge in [0.2, 0.25) is 0 Å². The predicted molar refractivity (Wildman–Crippen MR) is 83.4 cm³/mol. The zero-order valence-electron chi connectivity index (χ0n) is 11.6. The van der Waals surface area contributed by atoms with Crippen LogP contribution in [0.3, 0.4) is 0 Å². The molecule has 0 aliphatic carbocycles. The summed E-state index contributed by atoms with van der Waals surface area (Å²) in [6, 6.07) is 4.18. The fourth-order valence-corrected chi connectivity index (χ4v) is 3.05. The van der Waals surface area contributed by atoms with Gasteiger partial charge >= 0.3 is 0 Å². The van der Waals surface area contributed by atoms with Crippen molar-refractivity contribution in [3.8, 4) is 0 Å². The Balaban J connectivity index is 1.63. The van der Waals surface area contributed by atoms with Gasteiger partial charge in [0.15, 0.2) is 5.13 Å². The number of thiazole rings is 1. The van der Waals surface area contributed by atoms with Crippen LogP contribution in [-0.4, -0.2) is 36.1 Å². The standard InChI is InChI=1S/C14H19N5S/c1-11(15)12-2-3-13(17-10-12)18-5-7-19(8-6-18)14-16-4-9-20-14/h2-4,9-11H,5-8,15H2,1H3/t11-/m1/s1. The number of nitrogens with zero attached hydrogens (tertiary/aromatic N) is 4. The van der Waals surface area contributed by atoms with Crippen molar-refractivity contribution >= 4 is 22.3 Å². The van der Waals surface area contributed by atoms with Gasteiger partial charge in [0.1, 0.15) is 5.82 Å². The topological polar surface area (TPSA) is 58.3 Å². The summed E-state index contributed by atoms with van der Waals surface area (Å²) in [6.07, 6.45) is 3.74. The van der Waals surface area contributed by atoms with E-state index in [1.165, 1.54) is 0 Å². The Hall–Kier alpha value is -1.66. The number of anilines is 2. The Labute approximate surface area is 123 Å². The zero-order chi connectivity index (χ0) is 13.9. The maximum absolute atomic E-state index is 5.85. The molecule has 3 rings (SSSR count). The van der Waals surface area contributed by atoms with Gasteiger partial charge in [-0.15, -0.1) is 11.3 Å². The largest absolute Gasteiger partial charge is 0.353 e. The molecule has 1 aliphatic rings. The number of pyridine rings is 1. The summed E-state index contributed by atoms with van der Waals surface area (Å²) < 4.78 is 0. The lowest BCUT2D eigenvalue weighted by Crippen LogP contribution is -2.46. The minimum atomic E-state index is 0.0401. The summed E-state index contributed by atoms with van der Waals surface area (Å²) >= 11 is 1.70. The first-order valence-electron chi connectivity index (χ1n) is 6.85. The van der Waals surface area contributed by atoms with E-state index in [4.69, 9.17) is 5.73 Å². The molecule has 2 aromatic rings. The van der Waals surface area contributed by atoms with Crippen molar-refractivity contribution in [2.24, 2.45) is 5.73 Å². The first kappa shape index (κ1) is 13.3. The van der Waals surface area contributed by atoms with Crippen molar-refractivity contribution in [1.82, 2.24) is 9.97 Å². The number of aromatic nitrogens is 2. The van der Waals surface area contributed by atoms with Crippen LogP contribution in [0.5, 0.6) is 0 Å². The summed E-state index contributed by atoms with van der Waals surface area (Å²) in [4.78, 5) is 13.5. The molecule has 0 amide bonds. The molecule has 0 unspecified atom stereocenters. The lowest BCUT2D eigenvalue weighted by Gasteiger charge is -2.35. The van der Waals surface area contributed by atoms with Gasteiger partial charge in [0.25, 0.3) is 0 Å². The average Bonchev–Trinajstić information content (AvgIpc) is 3.02. The van der Waals surface area contributed by atoms with Gasteiger partial charge in [0.05, 0.1) is 0 Å². The minimum absolute atomic E-state index is 0.0401. The van der Waals surface area contributed by atoms with Crippen LogP contribution in [0.2, 0.25) is 0 Å². The fourth-order valence-electron chi connectivity index (χ4n) is 2.35. The highest BCUT2D eigenvalue weighted by Crippen LogP contribution is 2.21. The molecule has 0 bridgehead atoms. The third-order valence-corrected chi connectivity index (χ3v) is 4.42. The van der Waals surface area contributed by atoms with Crippen LogP contribution in [0.4, 0.5) is 10.9 Å². The number of piperazine rings is 1. The molecule has 2 aromatic heterocycles. The maximum atomic E-state index is 5.85. The second kappa shape index (κ2) is 5.76. The third kappa shape index (κ3) is 2.76. The average molecular weight is 289 g/mol. The predicted octanol–water partition coefficient (Wildman–Crippen LogP) is 1.88. The Bertz CT molecular complexity index is 529. The molecule has 0 radical (unpaired) electrons. The normalized spacial score (nSPS) is 17.3. The smallest absolute Gasteiger partial charge is 0.185 e. The molecule has 6 heteroatoms. The number of hydrogen-bond donors (Lipinski definition) is 1. The monoisotopic (exact) mass is 289 g/mol. The molecule has 2 N–H and O–H groups in total. The molecule has 1 atom stereocenters. The molecule has 1 aliphatic heterocycles. The van der Waals surface area contributed by atoms with Crippen molar-refractivity contribution in [1.29, 1.82) is 0 Å². The van der Waals surface area contributed by atoms with E-state index in [2.05, 4.69) is 31.9 Å². The quantitative estimate of drug-likeness (QED) is 0.935. The van der Waals surface area contributed by atoms with Gasteiger partial charge in [-0.05, 0) is 18.6 Å². The molecular formula is C14H19N5S. The second-order valence-electron chi connectivity index (χ2n) is 5.03. The second-order valence-corrected chi connectivity index (χ2v) is 5.90. The van der Waals surface area contributed by atoms with Gasteiger partial charge in [-0.1, -0.05) is 6.07 Å². The van der Waals surface area contributed by atoms with E-state index >= 15 is 0 Å². The first-order chi connectivity index (χ1) is 9.74. The molecule has 5 nitrogen and oxygen atoms in total. The van der Waals surface area contributed by atoms with Crippen LogP contribution in [0.25, 0.3) is 0 Å². The lowest BCUT2D eigenvalue weighted by atomic mass is 10.1. The Morgan fingerprint density at radius 1 is 1.15 bits per heavy atom. The number of hydrogen-bond acceptors (Lipinski definition) is 6. The van der Waals surface area contributed by atoms with Crippen LogP contribution in [0, 0.1) is 0 Å². The van der Waals surface area contributed by atoms with E-state index in [0.717, 1.165) is 42.7 Å². The van der Waals surface area contributed by atoms with E-state index < -0.39 is 0 Å². The van der Waals surface area contributed by atoms with Gasteiger partial charge < -0.3 is 15.5 Å². The van der Waals surface area contributed by atoms with Crippen LogP contribution in [-0.2, 0) is 0 Å². The van der Waals surface area contributed by atoms with Gasteiger partial charge in [-0.2, -0.15) is 0 Å².